The number of methoxy groups -OCH3 is 1. The predicted molar refractivity (Wildman–Crippen MR) is 73.1 cm³/mol. The van der Waals surface area contributed by atoms with Crippen molar-refractivity contribution in [3.63, 3.8) is 0 Å². The molecule has 100 valence electrons. The molecule has 5 heteroatoms. The third-order valence-corrected chi connectivity index (χ3v) is 3.46. The Bertz CT molecular complexity index is 587. The summed E-state index contributed by atoms with van der Waals surface area (Å²) in [6.45, 7) is 0. The van der Waals surface area contributed by atoms with Gasteiger partial charge in [0.25, 0.3) is 0 Å². The summed E-state index contributed by atoms with van der Waals surface area (Å²) >= 11 is 2.93. The lowest BCUT2D eigenvalue weighted by atomic mass is 9.99. The topological polar surface area (TPSA) is 35.2 Å². The largest absolute Gasteiger partial charge is 0.497 e. The predicted octanol–water partition coefficient (Wildman–Crippen LogP) is 3.78. The maximum absolute atomic E-state index is 13.8. The van der Waals surface area contributed by atoms with E-state index in [2.05, 4.69) is 15.9 Å². The molecule has 0 fully saturated rings. The minimum Gasteiger partial charge on any atom is -0.497 e. The van der Waals surface area contributed by atoms with Crippen molar-refractivity contribution < 1.29 is 13.5 Å². The van der Waals surface area contributed by atoms with E-state index < -0.39 is 17.7 Å². The first-order valence-electron chi connectivity index (χ1n) is 5.57. The van der Waals surface area contributed by atoms with Gasteiger partial charge >= 0.3 is 0 Å². The molecule has 0 amide bonds. The first-order chi connectivity index (χ1) is 9.02. The molecule has 0 aliphatic carbocycles. The zero-order valence-corrected chi connectivity index (χ0v) is 11.7. The van der Waals surface area contributed by atoms with Crippen molar-refractivity contribution in [2.24, 2.45) is 5.73 Å². The maximum atomic E-state index is 13.8. The summed E-state index contributed by atoms with van der Waals surface area (Å²) in [6, 6.07) is 8.35. The molecule has 2 nitrogen and oxygen atoms in total. The highest BCUT2D eigenvalue weighted by Crippen LogP contribution is 2.27. The number of rotatable bonds is 3. The molecule has 2 rings (SSSR count). The van der Waals surface area contributed by atoms with Crippen molar-refractivity contribution in [1.82, 2.24) is 0 Å². The Labute approximate surface area is 118 Å². The Morgan fingerprint density at radius 3 is 2.32 bits per heavy atom. The molecule has 2 aromatic rings. The molecule has 1 unspecified atom stereocenters. The van der Waals surface area contributed by atoms with Crippen LogP contribution in [0.5, 0.6) is 5.75 Å². The highest BCUT2D eigenvalue weighted by atomic mass is 79.9. The van der Waals surface area contributed by atoms with Gasteiger partial charge in [0.05, 0.1) is 17.6 Å². The summed E-state index contributed by atoms with van der Waals surface area (Å²) in [5.41, 5.74) is 6.76. The minimum absolute atomic E-state index is 0.0793. The number of halogens is 3. The molecule has 19 heavy (non-hydrogen) atoms. The molecule has 0 saturated heterocycles. The summed E-state index contributed by atoms with van der Waals surface area (Å²) in [5, 5.41) is 0. The van der Waals surface area contributed by atoms with Crippen LogP contribution in [0.15, 0.2) is 40.9 Å². The van der Waals surface area contributed by atoms with Crippen molar-refractivity contribution in [1.29, 1.82) is 0 Å². The van der Waals surface area contributed by atoms with Crippen molar-refractivity contribution in [2.45, 2.75) is 6.04 Å². The van der Waals surface area contributed by atoms with E-state index in [1.165, 1.54) is 0 Å². The van der Waals surface area contributed by atoms with Crippen LogP contribution in [0.25, 0.3) is 0 Å². The van der Waals surface area contributed by atoms with Gasteiger partial charge in [-0.05, 0) is 45.8 Å². The van der Waals surface area contributed by atoms with Gasteiger partial charge in [-0.1, -0.05) is 12.1 Å². The second-order valence-electron chi connectivity index (χ2n) is 4.04. The third kappa shape index (κ3) is 2.93. The molecule has 0 spiro atoms. The lowest BCUT2D eigenvalue weighted by Crippen LogP contribution is -2.14. The Hall–Kier alpha value is -1.46. The number of benzene rings is 2. The van der Waals surface area contributed by atoms with Crippen molar-refractivity contribution in [3.8, 4) is 5.75 Å². The van der Waals surface area contributed by atoms with Crippen molar-refractivity contribution in [2.75, 3.05) is 7.11 Å². The van der Waals surface area contributed by atoms with Crippen LogP contribution in [0.1, 0.15) is 17.2 Å². The molecule has 0 bridgehead atoms. The molecule has 0 aliphatic heterocycles. The molecule has 0 saturated carbocycles. The number of hydrogen-bond donors (Lipinski definition) is 1. The normalized spacial score (nSPS) is 12.3. The second kappa shape index (κ2) is 5.67. The van der Waals surface area contributed by atoms with Gasteiger partial charge in [-0.25, -0.2) is 8.78 Å². The first kappa shape index (κ1) is 14.0. The zero-order chi connectivity index (χ0) is 14.0. The lowest BCUT2D eigenvalue weighted by molar-refractivity contribution is 0.414. The summed E-state index contributed by atoms with van der Waals surface area (Å²) in [5.74, 6) is -0.407. The fourth-order valence-corrected chi connectivity index (χ4v) is 2.08. The van der Waals surface area contributed by atoms with E-state index in [1.807, 2.05) is 0 Å². The van der Waals surface area contributed by atoms with Crippen LogP contribution >= 0.6 is 15.9 Å². The summed E-state index contributed by atoms with van der Waals surface area (Å²) < 4.78 is 32.4. The van der Waals surface area contributed by atoms with Crippen LogP contribution in [-0.2, 0) is 0 Å². The Balaban J connectivity index is 2.37. The monoisotopic (exact) mass is 327 g/mol. The van der Waals surface area contributed by atoms with E-state index in [4.69, 9.17) is 10.5 Å². The SMILES string of the molecule is COc1ccc(C(N)c2cc(F)c(Br)cc2F)cc1. The van der Waals surface area contributed by atoms with E-state index in [-0.39, 0.29) is 10.0 Å². The van der Waals surface area contributed by atoms with Crippen LogP contribution < -0.4 is 10.5 Å². The molecule has 0 aliphatic rings. The lowest BCUT2D eigenvalue weighted by Gasteiger charge is -2.14. The average Bonchev–Trinajstić information content (AvgIpc) is 2.42. The van der Waals surface area contributed by atoms with E-state index in [0.717, 1.165) is 12.1 Å². The number of hydrogen-bond acceptors (Lipinski definition) is 2. The van der Waals surface area contributed by atoms with Crippen LogP contribution in [0, 0.1) is 11.6 Å². The Morgan fingerprint density at radius 1 is 1.11 bits per heavy atom. The maximum Gasteiger partial charge on any atom is 0.137 e. The molecule has 0 radical (unpaired) electrons. The van der Waals surface area contributed by atoms with Crippen molar-refractivity contribution in [3.05, 3.63) is 63.6 Å². The molecule has 1 atom stereocenters. The first-order valence-corrected chi connectivity index (χ1v) is 6.36. The third-order valence-electron chi connectivity index (χ3n) is 2.85. The van der Waals surface area contributed by atoms with E-state index in [0.29, 0.717) is 11.3 Å². The van der Waals surface area contributed by atoms with Gasteiger partial charge in [-0.2, -0.15) is 0 Å². The highest BCUT2D eigenvalue weighted by Gasteiger charge is 2.16. The molecule has 2 N–H and O–H groups in total. The standard InChI is InChI=1S/C14H12BrF2NO/c1-19-9-4-2-8(3-5-9)14(18)10-6-13(17)11(15)7-12(10)16/h2-7,14H,18H2,1H3. The summed E-state index contributed by atoms with van der Waals surface area (Å²) in [7, 11) is 1.55. The van der Waals surface area contributed by atoms with Gasteiger partial charge in [0.1, 0.15) is 17.4 Å². The number of nitrogens with two attached hydrogens (primary N) is 1. The molecular formula is C14H12BrF2NO. The Morgan fingerprint density at radius 2 is 1.74 bits per heavy atom. The minimum atomic E-state index is -0.728. The van der Waals surface area contributed by atoms with E-state index in [1.54, 1.807) is 31.4 Å². The van der Waals surface area contributed by atoms with Crippen molar-refractivity contribution >= 4 is 15.9 Å². The quantitative estimate of drug-likeness (QED) is 0.870. The summed E-state index contributed by atoms with van der Waals surface area (Å²) in [4.78, 5) is 0. The fraction of sp³-hybridized carbons (Fsp3) is 0.143. The van der Waals surface area contributed by atoms with Gasteiger partial charge < -0.3 is 10.5 Å². The van der Waals surface area contributed by atoms with Crippen LogP contribution in [0.4, 0.5) is 8.78 Å². The van der Waals surface area contributed by atoms with Gasteiger partial charge in [0.2, 0.25) is 0 Å². The van der Waals surface area contributed by atoms with Crippen LogP contribution in [0.3, 0.4) is 0 Å². The molecule has 2 aromatic carbocycles. The second-order valence-corrected chi connectivity index (χ2v) is 4.89. The van der Waals surface area contributed by atoms with Gasteiger partial charge in [0, 0.05) is 5.56 Å². The van der Waals surface area contributed by atoms with Gasteiger partial charge in [-0.15, -0.1) is 0 Å². The average molecular weight is 328 g/mol. The van der Waals surface area contributed by atoms with E-state index in [9.17, 15) is 8.78 Å². The number of ether oxygens (including phenoxy) is 1. The molecule has 0 heterocycles. The Kier molecular flexibility index (Phi) is 4.17. The van der Waals surface area contributed by atoms with Crippen LogP contribution in [-0.4, -0.2) is 7.11 Å². The molecule has 0 aromatic heterocycles. The molecular weight excluding hydrogens is 316 g/mol. The van der Waals surface area contributed by atoms with Gasteiger partial charge in [0.15, 0.2) is 0 Å². The fourth-order valence-electron chi connectivity index (χ4n) is 1.77. The zero-order valence-electron chi connectivity index (χ0n) is 10.2. The van der Waals surface area contributed by atoms with E-state index >= 15 is 0 Å². The summed E-state index contributed by atoms with van der Waals surface area (Å²) in [6.07, 6.45) is 0. The highest BCUT2D eigenvalue weighted by molar-refractivity contribution is 9.10. The van der Waals surface area contributed by atoms with Gasteiger partial charge in [-0.3, -0.25) is 0 Å². The van der Waals surface area contributed by atoms with Crippen LogP contribution in [0.2, 0.25) is 0 Å². The smallest absolute Gasteiger partial charge is 0.137 e.